The molecule has 2 rings (SSSR count). The molecule has 1 aromatic carbocycles. The van der Waals surface area contributed by atoms with Gasteiger partial charge < -0.3 is 4.74 Å². The molecule has 1 heterocycles. The zero-order valence-corrected chi connectivity index (χ0v) is 9.57. The van der Waals surface area contributed by atoms with Crippen LogP contribution in [-0.4, -0.2) is 17.5 Å². The van der Waals surface area contributed by atoms with Gasteiger partial charge in [-0.05, 0) is 29.8 Å². The summed E-state index contributed by atoms with van der Waals surface area (Å²) in [7, 11) is 0. The SMILES string of the molecule is C=C(CCl)COc1cccc2ncccc12. The Morgan fingerprint density at radius 2 is 2.19 bits per heavy atom. The first-order valence-corrected chi connectivity index (χ1v) is 5.54. The van der Waals surface area contributed by atoms with Gasteiger partial charge in [0.05, 0.1) is 5.52 Å². The van der Waals surface area contributed by atoms with E-state index in [-0.39, 0.29) is 0 Å². The van der Waals surface area contributed by atoms with E-state index in [1.807, 2.05) is 30.3 Å². The molecule has 0 fully saturated rings. The summed E-state index contributed by atoms with van der Waals surface area (Å²) in [5.41, 5.74) is 1.79. The van der Waals surface area contributed by atoms with Gasteiger partial charge in [0.15, 0.2) is 0 Å². The molecule has 1 aromatic heterocycles. The first-order chi connectivity index (χ1) is 7.81. The highest BCUT2D eigenvalue weighted by Gasteiger charge is 2.02. The Labute approximate surface area is 99.5 Å². The minimum atomic E-state index is 0.420. The van der Waals surface area contributed by atoms with E-state index in [9.17, 15) is 0 Å². The summed E-state index contributed by atoms with van der Waals surface area (Å²) in [6.45, 7) is 4.24. The molecule has 0 spiro atoms. The molecule has 0 radical (unpaired) electrons. The number of nitrogens with zero attached hydrogens (tertiary/aromatic N) is 1. The van der Waals surface area contributed by atoms with Crippen molar-refractivity contribution in [3.05, 3.63) is 48.7 Å². The largest absolute Gasteiger partial charge is 0.489 e. The maximum Gasteiger partial charge on any atom is 0.129 e. The lowest BCUT2D eigenvalue weighted by molar-refractivity contribution is 0.357. The number of fused-ring (bicyclic) bond motifs is 1. The fraction of sp³-hybridized carbons (Fsp3) is 0.154. The third kappa shape index (κ3) is 2.34. The third-order valence-corrected chi connectivity index (χ3v) is 2.60. The van der Waals surface area contributed by atoms with Crippen molar-refractivity contribution in [1.29, 1.82) is 0 Å². The Kier molecular flexibility index (Phi) is 3.42. The minimum Gasteiger partial charge on any atom is -0.489 e. The predicted molar refractivity (Wildman–Crippen MR) is 67.1 cm³/mol. The highest BCUT2D eigenvalue weighted by Crippen LogP contribution is 2.23. The van der Waals surface area contributed by atoms with Gasteiger partial charge in [0.2, 0.25) is 0 Å². The maximum atomic E-state index is 5.65. The van der Waals surface area contributed by atoms with Gasteiger partial charge in [-0.25, -0.2) is 0 Å². The summed E-state index contributed by atoms with van der Waals surface area (Å²) in [5.74, 6) is 1.24. The van der Waals surface area contributed by atoms with Crippen LogP contribution in [-0.2, 0) is 0 Å². The lowest BCUT2D eigenvalue weighted by Crippen LogP contribution is -2.01. The summed E-state index contributed by atoms with van der Waals surface area (Å²) >= 11 is 5.64. The van der Waals surface area contributed by atoms with Gasteiger partial charge in [-0.15, -0.1) is 11.6 Å². The molecule has 0 atom stereocenters. The van der Waals surface area contributed by atoms with Crippen LogP contribution < -0.4 is 4.74 Å². The van der Waals surface area contributed by atoms with Crippen LogP contribution in [0.2, 0.25) is 0 Å². The van der Waals surface area contributed by atoms with E-state index in [2.05, 4.69) is 11.6 Å². The van der Waals surface area contributed by atoms with E-state index in [1.54, 1.807) is 6.20 Å². The van der Waals surface area contributed by atoms with Crippen molar-refractivity contribution in [3.63, 3.8) is 0 Å². The van der Waals surface area contributed by atoms with Crippen molar-refractivity contribution >= 4 is 22.5 Å². The predicted octanol–water partition coefficient (Wildman–Crippen LogP) is 3.41. The molecule has 0 saturated carbocycles. The average molecular weight is 234 g/mol. The Morgan fingerprint density at radius 1 is 1.31 bits per heavy atom. The second-order valence-corrected chi connectivity index (χ2v) is 3.77. The van der Waals surface area contributed by atoms with Crippen LogP contribution in [0.3, 0.4) is 0 Å². The standard InChI is InChI=1S/C13H12ClNO/c1-10(8-14)9-16-13-6-2-5-12-11(13)4-3-7-15-12/h2-7H,1,8-9H2. The lowest BCUT2D eigenvalue weighted by Gasteiger charge is -2.08. The minimum absolute atomic E-state index is 0.420. The Hall–Kier alpha value is -1.54. The van der Waals surface area contributed by atoms with E-state index in [0.29, 0.717) is 12.5 Å². The molecule has 2 nitrogen and oxygen atoms in total. The van der Waals surface area contributed by atoms with E-state index in [1.165, 1.54) is 0 Å². The Balaban J connectivity index is 2.27. The highest BCUT2D eigenvalue weighted by molar-refractivity contribution is 6.19. The first-order valence-electron chi connectivity index (χ1n) is 5.00. The normalized spacial score (nSPS) is 10.3. The van der Waals surface area contributed by atoms with Gasteiger partial charge in [0, 0.05) is 17.5 Å². The fourth-order valence-corrected chi connectivity index (χ4v) is 1.50. The van der Waals surface area contributed by atoms with Crippen LogP contribution in [0.1, 0.15) is 0 Å². The smallest absolute Gasteiger partial charge is 0.129 e. The Bertz CT molecular complexity index is 505. The quantitative estimate of drug-likeness (QED) is 0.597. The molecule has 3 heteroatoms. The van der Waals surface area contributed by atoms with Crippen LogP contribution in [0.4, 0.5) is 0 Å². The lowest BCUT2D eigenvalue weighted by atomic mass is 10.2. The molecule has 0 saturated heterocycles. The molecule has 2 aromatic rings. The molecule has 0 aliphatic carbocycles. The molecule has 0 amide bonds. The number of benzene rings is 1. The molecule has 0 unspecified atom stereocenters. The maximum absolute atomic E-state index is 5.65. The second kappa shape index (κ2) is 4.99. The number of aromatic nitrogens is 1. The van der Waals surface area contributed by atoms with Crippen molar-refractivity contribution in [3.8, 4) is 5.75 Å². The van der Waals surface area contributed by atoms with Crippen molar-refractivity contribution < 1.29 is 4.74 Å². The molecular weight excluding hydrogens is 222 g/mol. The third-order valence-electron chi connectivity index (χ3n) is 2.23. The van der Waals surface area contributed by atoms with Crippen molar-refractivity contribution in [2.75, 3.05) is 12.5 Å². The van der Waals surface area contributed by atoms with Gasteiger partial charge in [0.25, 0.3) is 0 Å². The first kappa shape index (κ1) is 11.0. The monoisotopic (exact) mass is 233 g/mol. The van der Waals surface area contributed by atoms with Gasteiger partial charge in [0.1, 0.15) is 12.4 Å². The summed E-state index contributed by atoms with van der Waals surface area (Å²) in [6.07, 6.45) is 1.77. The Morgan fingerprint density at radius 3 is 3.00 bits per heavy atom. The van der Waals surface area contributed by atoms with Crippen molar-refractivity contribution in [2.24, 2.45) is 0 Å². The van der Waals surface area contributed by atoms with Crippen molar-refractivity contribution in [1.82, 2.24) is 4.98 Å². The number of hydrogen-bond acceptors (Lipinski definition) is 2. The molecule has 0 aliphatic heterocycles. The van der Waals surface area contributed by atoms with Crippen LogP contribution in [0.5, 0.6) is 5.75 Å². The zero-order chi connectivity index (χ0) is 11.4. The van der Waals surface area contributed by atoms with E-state index >= 15 is 0 Å². The number of halogens is 1. The summed E-state index contributed by atoms with van der Waals surface area (Å²) in [5, 5.41) is 1.01. The number of ether oxygens (including phenoxy) is 1. The van der Waals surface area contributed by atoms with Crippen LogP contribution in [0.25, 0.3) is 10.9 Å². The molecule has 0 bridgehead atoms. The number of hydrogen-bond donors (Lipinski definition) is 0. The van der Waals surface area contributed by atoms with Crippen molar-refractivity contribution in [2.45, 2.75) is 0 Å². The number of rotatable bonds is 4. The van der Waals surface area contributed by atoms with E-state index < -0.39 is 0 Å². The fourth-order valence-electron chi connectivity index (χ4n) is 1.42. The van der Waals surface area contributed by atoms with Gasteiger partial charge in [-0.3, -0.25) is 4.98 Å². The molecule has 82 valence electrons. The average Bonchev–Trinajstić information content (AvgIpc) is 2.35. The number of alkyl halides is 1. The summed E-state index contributed by atoms with van der Waals surface area (Å²) < 4.78 is 5.65. The second-order valence-electron chi connectivity index (χ2n) is 3.50. The van der Waals surface area contributed by atoms with E-state index in [0.717, 1.165) is 22.2 Å². The highest BCUT2D eigenvalue weighted by atomic mass is 35.5. The summed E-state index contributed by atoms with van der Waals surface area (Å²) in [4.78, 5) is 4.26. The molecular formula is C13H12ClNO. The van der Waals surface area contributed by atoms with Gasteiger partial charge >= 0.3 is 0 Å². The molecule has 0 aliphatic rings. The summed E-state index contributed by atoms with van der Waals surface area (Å²) in [6, 6.07) is 9.69. The van der Waals surface area contributed by atoms with Gasteiger partial charge in [-0.2, -0.15) is 0 Å². The van der Waals surface area contributed by atoms with Crippen LogP contribution in [0, 0.1) is 0 Å². The molecule has 16 heavy (non-hydrogen) atoms. The van der Waals surface area contributed by atoms with E-state index in [4.69, 9.17) is 16.3 Å². The molecule has 0 N–H and O–H groups in total. The van der Waals surface area contributed by atoms with Gasteiger partial charge in [-0.1, -0.05) is 12.6 Å². The zero-order valence-electron chi connectivity index (χ0n) is 8.82. The number of pyridine rings is 1. The van der Waals surface area contributed by atoms with Crippen LogP contribution in [0.15, 0.2) is 48.7 Å². The topological polar surface area (TPSA) is 22.1 Å². The van der Waals surface area contributed by atoms with Crippen LogP contribution >= 0.6 is 11.6 Å².